The fourth-order valence-corrected chi connectivity index (χ4v) is 10.0. The van der Waals surface area contributed by atoms with Crippen LogP contribution in [0.5, 0.6) is 11.5 Å². The molecule has 162 valence electrons. The lowest BCUT2D eigenvalue weighted by Crippen LogP contribution is -2.52. The molecule has 0 bridgehead atoms. The Balaban J connectivity index is 1.82. The van der Waals surface area contributed by atoms with Crippen molar-refractivity contribution in [3.05, 3.63) is 42.5 Å². The minimum absolute atomic E-state index is 0.0699. The Morgan fingerprint density at radius 3 is 1.87 bits per heavy atom. The third-order valence-corrected chi connectivity index (χ3v) is 9.84. The van der Waals surface area contributed by atoms with Crippen molar-refractivity contribution < 1.29 is 18.9 Å². The summed E-state index contributed by atoms with van der Waals surface area (Å²) in [6, 6.07) is 14.9. The quantitative estimate of drug-likeness (QED) is 0.597. The van der Waals surface area contributed by atoms with Crippen LogP contribution in [0.4, 0.5) is 0 Å². The van der Waals surface area contributed by atoms with E-state index in [-0.39, 0.29) is 10.3 Å². The molecule has 0 N–H and O–H groups in total. The molecule has 2 aliphatic heterocycles. The van der Waals surface area contributed by atoms with Gasteiger partial charge >= 0.3 is 0 Å². The number of benzene rings is 2. The van der Waals surface area contributed by atoms with Gasteiger partial charge in [-0.3, -0.25) is 0 Å². The zero-order valence-corrected chi connectivity index (χ0v) is 19.8. The molecule has 4 nitrogen and oxygen atoms in total. The molecule has 0 aromatic heterocycles. The van der Waals surface area contributed by atoms with Crippen molar-refractivity contribution >= 4 is 13.2 Å². The van der Waals surface area contributed by atoms with E-state index in [9.17, 15) is 0 Å². The normalized spacial score (nSPS) is 22.2. The lowest BCUT2D eigenvalue weighted by atomic mass is 9.91. The predicted molar refractivity (Wildman–Crippen MR) is 124 cm³/mol. The van der Waals surface area contributed by atoms with E-state index in [1.54, 1.807) is 14.2 Å². The predicted octanol–water partition coefficient (Wildman–Crippen LogP) is 5.57. The van der Waals surface area contributed by atoms with Crippen LogP contribution >= 0.6 is 7.92 Å². The van der Waals surface area contributed by atoms with Gasteiger partial charge in [0.05, 0.1) is 27.4 Å². The molecule has 0 amide bonds. The maximum absolute atomic E-state index is 6.17. The van der Waals surface area contributed by atoms with Gasteiger partial charge in [0.1, 0.15) is 11.5 Å². The molecule has 0 unspecified atom stereocenters. The third kappa shape index (κ3) is 3.86. The van der Waals surface area contributed by atoms with Crippen LogP contribution in [-0.2, 0) is 9.47 Å². The summed E-state index contributed by atoms with van der Waals surface area (Å²) in [5, 5.41) is 1.56. The second-order valence-corrected chi connectivity index (χ2v) is 13.1. The van der Waals surface area contributed by atoms with Crippen LogP contribution < -0.4 is 14.8 Å². The lowest BCUT2D eigenvalue weighted by Gasteiger charge is -2.55. The van der Waals surface area contributed by atoms with Gasteiger partial charge in [-0.05, 0) is 38.9 Å². The van der Waals surface area contributed by atoms with Crippen LogP contribution in [0.2, 0.25) is 0 Å². The first kappa shape index (κ1) is 21.6. The van der Waals surface area contributed by atoms with Crippen molar-refractivity contribution in [3.8, 4) is 22.6 Å². The van der Waals surface area contributed by atoms with Crippen LogP contribution in [0.1, 0.15) is 40.5 Å². The van der Waals surface area contributed by atoms with E-state index in [2.05, 4.69) is 64.1 Å². The number of rotatable bonds is 4. The molecule has 2 aromatic carbocycles. The monoisotopic (exact) mass is 428 g/mol. The zero-order chi connectivity index (χ0) is 21.6. The Morgan fingerprint density at radius 2 is 1.33 bits per heavy atom. The molecular weight excluding hydrogens is 395 g/mol. The Kier molecular flexibility index (Phi) is 5.63. The average Bonchev–Trinajstić information content (AvgIpc) is 3.12. The molecule has 2 fully saturated rings. The molecule has 0 radical (unpaired) electrons. The van der Waals surface area contributed by atoms with Crippen molar-refractivity contribution in [1.29, 1.82) is 0 Å². The molecule has 0 atom stereocenters. The standard InChI is InChI=1S/C25H33O4P/c1-23(2)16-25(28-11-12-29-25)17-24(3,4)30(23)22-10-8-7-9-21(22)18-13-19(26-5)15-20(14-18)27-6/h7-10,13-15H,11-12,16-17H2,1-6H3. The molecular formula is C25H33O4P. The van der Waals surface area contributed by atoms with Crippen LogP contribution in [0.15, 0.2) is 42.5 Å². The highest BCUT2D eigenvalue weighted by atomic mass is 31.1. The highest BCUT2D eigenvalue weighted by Crippen LogP contribution is 2.68. The van der Waals surface area contributed by atoms with E-state index in [1.165, 1.54) is 10.9 Å². The van der Waals surface area contributed by atoms with Gasteiger partial charge in [0, 0.05) is 18.9 Å². The minimum Gasteiger partial charge on any atom is -0.497 e. The molecule has 2 heterocycles. The van der Waals surface area contributed by atoms with E-state index in [4.69, 9.17) is 18.9 Å². The van der Waals surface area contributed by atoms with Gasteiger partial charge in [-0.2, -0.15) is 0 Å². The summed E-state index contributed by atoms with van der Waals surface area (Å²) in [6.45, 7) is 10.9. The summed E-state index contributed by atoms with van der Waals surface area (Å²) in [6.07, 6.45) is 1.84. The van der Waals surface area contributed by atoms with Crippen molar-refractivity contribution in [2.24, 2.45) is 0 Å². The van der Waals surface area contributed by atoms with E-state index < -0.39 is 13.7 Å². The second kappa shape index (κ2) is 7.82. The van der Waals surface area contributed by atoms with Crippen LogP contribution in [0.25, 0.3) is 11.1 Å². The van der Waals surface area contributed by atoms with Gasteiger partial charge < -0.3 is 18.9 Å². The highest BCUT2D eigenvalue weighted by molar-refractivity contribution is 7.69. The van der Waals surface area contributed by atoms with E-state index >= 15 is 0 Å². The molecule has 4 rings (SSSR count). The Hall–Kier alpha value is -1.61. The molecule has 2 aromatic rings. The summed E-state index contributed by atoms with van der Waals surface area (Å²) in [7, 11) is 2.89. The van der Waals surface area contributed by atoms with E-state index in [0.29, 0.717) is 13.2 Å². The smallest absolute Gasteiger partial charge is 0.170 e. The maximum atomic E-state index is 6.17. The van der Waals surface area contributed by atoms with Gasteiger partial charge in [-0.25, -0.2) is 0 Å². The van der Waals surface area contributed by atoms with E-state index in [1.807, 2.05) is 6.07 Å². The Labute approximate surface area is 181 Å². The molecule has 0 aliphatic carbocycles. The first-order valence-electron chi connectivity index (χ1n) is 10.6. The van der Waals surface area contributed by atoms with Crippen molar-refractivity contribution in [3.63, 3.8) is 0 Å². The fraction of sp³-hybridized carbons (Fsp3) is 0.520. The Bertz CT molecular complexity index is 873. The summed E-state index contributed by atoms with van der Waals surface area (Å²) in [4.78, 5) is 0. The average molecular weight is 429 g/mol. The maximum Gasteiger partial charge on any atom is 0.170 e. The fourth-order valence-electron chi connectivity index (χ4n) is 5.59. The summed E-state index contributed by atoms with van der Waals surface area (Å²) >= 11 is 0. The Morgan fingerprint density at radius 1 is 0.800 bits per heavy atom. The molecule has 1 spiro atoms. The summed E-state index contributed by atoms with van der Waals surface area (Å²) in [5.41, 5.74) is 2.38. The van der Waals surface area contributed by atoms with Gasteiger partial charge in [-0.1, -0.05) is 59.9 Å². The third-order valence-electron chi connectivity index (χ3n) is 6.24. The van der Waals surface area contributed by atoms with Gasteiger partial charge in [-0.15, -0.1) is 0 Å². The van der Waals surface area contributed by atoms with Crippen LogP contribution in [-0.4, -0.2) is 43.5 Å². The number of hydrogen-bond donors (Lipinski definition) is 0. The first-order valence-corrected chi connectivity index (χ1v) is 11.9. The van der Waals surface area contributed by atoms with Crippen molar-refractivity contribution in [2.45, 2.75) is 56.6 Å². The van der Waals surface area contributed by atoms with E-state index in [0.717, 1.165) is 29.9 Å². The van der Waals surface area contributed by atoms with Crippen molar-refractivity contribution in [1.82, 2.24) is 0 Å². The summed E-state index contributed by atoms with van der Waals surface area (Å²) < 4.78 is 23.4. The second-order valence-electron chi connectivity index (χ2n) is 9.54. The largest absolute Gasteiger partial charge is 0.497 e. The van der Waals surface area contributed by atoms with Gasteiger partial charge in [0.25, 0.3) is 0 Å². The molecule has 2 aliphatic rings. The van der Waals surface area contributed by atoms with Crippen LogP contribution in [0, 0.1) is 0 Å². The van der Waals surface area contributed by atoms with Crippen molar-refractivity contribution in [2.75, 3.05) is 27.4 Å². The van der Waals surface area contributed by atoms with Gasteiger partial charge in [0.15, 0.2) is 5.79 Å². The topological polar surface area (TPSA) is 36.9 Å². The molecule has 0 saturated carbocycles. The number of ether oxygens (including phenoxy) is 4. The summed E-state index contributed by atoms with van der Waals surface area (Å²) in [5.74, 6) is 1.18. The number of hydrogen-bond acceptors (Lipinski definition) is 4. The van der Waals surface area contributed by atoms with Crippen LogP contribution in [0.3, 0.4) is 0 Å². The minimum atomic E-state index is -0.509. The zero-order valence-electron chi connectivity index (χ0n) is 19.0. The molecule has 2 saturated heterocycles. The highest BCUT2D eigenvalue weighted by Gasteiger charge is 2.57. The SMILES string of the molecule is COc1cc(OC)cc(-c2ccccc2P2C(C)(C)CC3(CC2(C)C)OCCO3)c1. The number of methoxy groups -OCH3 is 2. The molecule has 5 heteroatoms. The van der Waals surface area contributed by atoms with Gasteiger partial charge in [0.2, 0.25) is 0 Å². The molecule has 30 heavy (non-hydrogen) atoms. The first-order chi connectivity index (χ1) is 14.2. The lowest BCUT2D eigenvalue weighted by molar-refractivity contribution is -0.178.